The Kier molecular flexibility index (Phi) is 3.49. The molecule has 0 saturated carbocycles. The van der Waals surface area contributed by atoms with Crippen LogP contribution in [0.15, 0.2) is 46.9 Å². The molecule has 0 atom stereocenters. The molecule has 3 rings (SSSR count). The number of hydrogen-bond acceptors (Lipinski definition) is 2. The second-order valence-electron chi connectivity index (χ2n) is 6.17. The van der Waals surface area contributed by atoms with Crippen molar-refractivity contribution in [2.75, 3.05) is 5.32 Å². The standard InChI is InChI=1S/C17H18BrN3/c1-17(2,3)11-8-9-13(12(18)10-11)19-16-20-14-6-4-5-7-15(14)21-16/h4-10H,1-3H3,(H2,19,20,21). The number of benzene rings is 2. The maximum absolute atomic E-state index is 4.53. The highest BCUT2D eigenvalue weighted by molar-refractivity contribution is 9.10. The molecule has 0 amide bonds. The number of para-hydroxylation sites is 2. The lowest BCUT2D eigenvalue weighted by Crippen LogP contribution is -2.11. The van der Waals surface area contributed by atoms with Crippen LogP contribution in [0.2, 0.25) is 0 Å². The molecule has 0 aliphatic heterocycles. The van der Waals surface area contributed by atoms with Gasteiger partial charge in [0.05, 0.1) is 16.7 Å². The van der Waals surface area contributed by atoms with Gasteiger partial charge in [0, 0.05) is 4.47 Å². The van der Waals surface area contributed by atoms with E-state index in [1.165, 1.54) is 5.56 Å². The molecule has 0 aliphatic rings. The van der Waals surface area contributed by atoms with Gasteiger partial charge in [0.2, 0.25) is 5.95 Å². The molecule has 0 saturated heterocycles. The van der Waals surface area contributed by atoms with Gasteiger partial charge < -0.3 is 10.3 Å². The minimum atomic E-state index is 0.139. The summed E-state index contributed by atoms with van der Waals surface area (Å²) in [6.07, 6.45) is 0. The van der Waals surface area contributed by atoms with Crippen molar-refractivity contribution in [3.63, 3.8) is 0 Å². The molecule has 0 bridgehead atoms. The minimum Gasteiger partial charge on any atom is -0.325 e. The van der Waals surface area contributed by atoms with Crippen LogP contribution in [-0.2, 0) is 5.41 Å². The van der Waals surface area contributed by atoms with Crippen molar-refractivity contribution < 1.29 is 0 Å². The van der Waals surface area contributed by atoms with Crippen LogP contribution < -0.4 is 5.32 Å². The molecule has 0 aliphatic carbocycles. The quantitative estimate of drug-likeness (QED) is 0.656. The summed E-state index contributed by atoms with van der Waals surface area (Å²) in [7, 11) is 0. The Hall–Kier alpha value is -1.81. The molecule has 0 unspecified atom stereocenters. The third kappa shape index (κ3) is 2.95. The second kappa shape index (κ2) is 5.19. The van der Waals surface area contributed by atoms with E-state index in [1.807, 2.05) is 24.3 Å². The fourth-order valence-corrected chi connectivity index (χ4v) is 2.70. The molecule has 0 radical (unpaired) electrons. The van der Waals surface area contributed by atoms with Crippen LogP contribution in [0, 0.1) is 0 Å². The summed E-state index contributed by atoms with van der Waals surface area (Å²) in [6, 6.07) is 14.4. The monoisotopic (exact) mass is 343 g/mol. The number of rotatable bonds is 2. The summed E-state index contributed by atoms with van der Waals surface area (Å²) >= 11 is 3.64. The molecular formula is C17H18BrN3. The topological polar surface area (TPSA) is 40.7 Å². The summed E-state index contributed by atoms with van der Waals surface area (Å²) in [4.78, 5) is 7.81. The van der Waals surface area contributed by atoms with E-state index < -0.39 is 0 Å². The first-order chi connectivity index (χ1) is 9.93. The number of fused-ring (bicyclic) bond motifs is 1. The maximum Gasteiger partial charge on any atom is 0.205 e. The van der Waals surface area contributed by atoms with Crippen LogP contribution in [0.5, 0.6) is 0 Å². The number of aromatic amines is 1. The van der Waals surface area contributed by atoms with E-state index in [9.17, 15) is 0 Å². The lowest BCUT2D eigenvalue weighted by atomic mass is 9.87. The minimum absolute atomic E-state index is 0.139. The van der Waals surface area contributed by atoms with Gasteiger partial charge in [-0.3, -0.25) is 0 Å². The highest BCUT2D eigenvalue weighted by Crippen LogP contribution is 2.31. The Morgan fingerprint density at radius 3 is 2.52 bits per heavy atom. The van der Waals surface area contributed by atoms with Crippen molar-refractivity contribution >= 4 is 38.6 Å². The van der Waals surface area contributed by atoms with Gasteiger partial charge >= 0.3 is 0 Å². The summed E-state index contributed by atoms with van der Waals surface area (Å²) in [5, 5.41) is 3.33. The molecule has 0 fully saturated rings. The smallest absolute Gasteiger partial charge is 0.205 e. The van der Waals surface area contributed by atoms with Crippen LogP contribution >= 0.6 is 15.9 Å². The first kappa shape index (κ1) is 14.1. The average molecular weight is 344 g/mol. The van der Waals surface area contributed by atoms with Gasteiger partial charge in [0.1, 0.15) is 0 Å². The molecular weight excluding hydrogens is 326 g/mol. The summed E-state index contributed by atoms with van der Waals surface area (Å²) in [5.74, 6) is 0.750. The van der Waals surface area contributed by atoms with Crippen LogP contribution in [-0.4, -0.2) is 9.97 Å². The first-order valence-corrected chi connectivity index (χ1v) is 7.74. The van der Waals surface area contributed by atoms with E-state index >= 15 is 0 Å². The van der Waals surface area contributed by atoms with Gasteiger partial charge in [-0.1, -0.05) is 39.0 Å². The van der Waals surface area contributed by atoms with Gasteiger partial charge in [-0.15, -0.1) is 0 Å². The van der Waals surface area contributed by atoms with Gasteiger partial charge in [0.15, 0.2) is 0 Å². The van der Waals surface area contributed by atoms with Crippen molar-refractivity contribution in [3.8, 4) is 0 Å². The maximum atomic E-state index is 4.53. The number of aromatic nitrogens is 2. The fourth-order valence-electron chi connectivity index (χ4n) is 2.22. The summed E-state index contributed by atoms with van der Waals surface area (Å²) < 4.78 is 1.04. The normalized spacial score (nSPS) is 11.8. The highest BCUT2D eigenvalue weighted by Gasteiger charge is 2.15. The van der Waals surface area contributed by atoms with Crippen molar-refractivity contribution in [3.05, 3.63) is 52.5 Å². The molecule has 3 nitrogen and oxygen atoms in total. The third-order valence-electron chi connectivity index (χ3n) is 3.48. The summed E-state index contributed by atoms with van der Waals surface area (Å²) in [5.41, 5.74) is 4.43. The third-order valence-corrected chi connectivity index (χ3v) is 4.13. The molecule has 21 heavy (non-hydrogen) atoms. The Morgan fingerprint density at radius 1 is 1.10 bits per heavy atom. The van der Waals surface area contributed by atoms with E-state index in [0.29, 0.717) is 0 Å². The average Bonchev–Trinajstić information content (AvgIpc) is 2.82. The Bertz CT molecular complexity index is 751. The first-order valence-electron chi connectivity index (χ1n) is 6.95. The number of hydrogen-bond donors (Lipinski definition) is 2. The van der Waals surface area contributed by atoms with E-state index in [1.54, 1.807) is 0 Å². The molecule has 0 spiro atoms. The zero-order valence-corrected chi connectivity index (χ0v) is 14.0. The fraction of sp³-hybridized carbons (Fsp3) is 0.235. The molecule has 2 aromatic carbocycles. The van der Waals surface area contributed by atoms with Crippen molar-refractivity contribution in [2.24, 2.45) is 0 Å². The van der Waals surface area contributed by atoms with Crippen molar-refractivity contribution in [1.82, 2.24) is 9.97 Å². The number of nitrogens with zero attached hydrogens (tertiary/aromatic N) is 1. The predicted octanol–water partition coefficient (Wildman–Crippen LogP) is 5.37. The van der Waals surface area contributed by atoms with E-state index in [4.69, 9.17) is 0 Å². The molecule has 1 heterocycles. The second-order valence-corrected chi connectivity index (χ2v) is 7.03. The SMILES string of the molecule is CC(C)(C)c1ccc(Nc2nc3ccccc3[nH]2)c(Br)c1. The number of halogens is 1. The lowest BCUT2D eigenvalue weighted by Gasteiger charge is -2.20. The molecule has 1 aromatic heterocycles. The van der Waals surface area contributed by atoms with Crippen molar-refractivity contribution in [1.29, 1.82) is 0 Å². The predicted molar refractivity (Wildman–Crippen MR) is 92.2 cm³/mol. The number of anilines is 2. The molecule has 3 aromatic rings. The van der Waals surface area contributed by atoms with Gasteiger partial charge in [-0.25, -0.2) is 4.98 Å². The van der Waals surface area contributed by atoms with Gasteiger partial charge in [-0.05, 0) is 51.2 Å². The summed E-state index contributed by atoms with van der Waals surface area (Å²) in [6.45, 7) is 6.63. The number of H-pyrrole nitrogens is 1. The highest BCUT2D eigenvalue weighted by atomic mass is 79.9. The van der Waals surface area contributed by atoms with Crippen LogP contribution in [0.25, 0.3) is 11.0 Å². The van der Waals surface area contributed by atoms with Crippen molar-refractivity contribution in [2.45, 2.75) is 26.2 Å². The largest absolute Gasteiger partial charge is 0.325 e. The lowest BCUT2D eigenvalue weighted by molar-refractivity contribution is 0.590. The van der Waals surface area contributed by atoms with Crippen LogP contribution in [0.3, 0.4) is 0 Å². The number of nitrogens with one attached hydrogen (secondary N) is 2. The van der Waals surface area contributed by atoms with E-state index in [-0.39, 0.29) is 5.41 Å². The number of imidazole rings is 1. The van der Waals surface area contributed by atoms with Gasteiger partial charge in [-0.2, -0.15) is 0 Å². The zero-order valence-electron chi connectivity index (χ0n) is 12.4. The van der Waals surface area contributed by atoms with Crippen LogP contribution in [0.1, 0.15) is 26.3 Å². The zero-order chi connectivity index (χ0) is 15.0. The van der Waals surface area contributed by atoms with Crippen LogP contribution in [0.4, 0.5) is 11.6 Å². The molecule has 4 heteroatoms. The van der Waals surface area contributed by atoms with Gasteiger partial charge in [0.25, 0.3) is 0 Å². The Morgan fingerprint density at radius 2 is 1.86 bits per heavy atom. The molecule has 108 valence electrons. The molecule has 2 N–H and O–H groups in total. The van der Waals surface area contributed by atoms with E-state index in [0.717, 1.165) is 27.1 Å². The Labute approximate surface area is 132 Å². The van der Waals surface area contributed by atoms with E-state index in [2.05, 4.69) is 70.2 Å². The Balaban J connectivity index is 1.91.